The van der Waals surface area contributed by atoms with Crippen LogP contribution >= 0.6 is 0 Å². The highest BCUT2D eigenvalue weighted by Crippen LogP contribution is 2.51. The summed E-state index contributed by atoms with van der Waals surface area (Å²) in [5.74, 6) is 5.46. The van der Waals surface area contributed by atoms with Gasteiger partial charge in [-0.15, -0.1) is 11.8 Å². The number of aliphatic carboxylic acids is 1. The first-order valence-electron chi connectivity index (χ1n) is 10.2. The molecule has 0 amide bonds. The number of carboxylic acids is 1. The topological polar surface area (TPSA) is 98.0 Å². The predicted molar refractivity (Wildman–Crippen MR) is 104 cm³/mol. The number of unbranched alkanes of at least 4 members (excludes halogenated alkanes) is 1. The van der Waals surface area contributed by atoms with E-state index in [0.29, 0.717) is 25.2 Å². The van der Waals surface area contributed by atoms with Crippen molar-refractivity contribution in [2.45, 2.75) is 83.5 Å². The van der Waals surface area contributed by atoms with Gasteiger partial charge < -0.3 is 20.4 Å². The van der Waals surface area contributed by atoms with Crippen molar-refractivity contribution < 1.29 is 25.2 Å². The molecule has 4 N–H and O–H groups in total. The Morgan fingerprint density at radius 1 is 1.33 bits per heavy atom. The molecule has 2 rings (SSSR count). The fraction of sp³-hybridized carbons (Fsp3) is 0.773. The van der Waals surface area contributed by atoms with Crippen LogP contribution in [0.4, 0.5) is 0 Å². The molecule has 5 heteroatoms. The minimum atomic E-state index is -0.763. The van der Waals surface area contributed by atoms with E-state index in [1.165, 1.54) is 5.57 Å². The largest absolute Gasteiger partial charge is 0.481 e. The first-order valence-corrected chi connectivity index (χ1v) is 10.2. The normalized spacial score (nSPS) is 31.8. The van der Waals surface area contributed by atoms with E-state index in [1.54, 1.807) is 6.92 Å². The first kappa shape index (κ1) is 21.9. The Labute approximate surface area is 162 Å². The van der Waals surface area contributed by atoms with Gasteiger partial charge >= 0.3 is 5.97 Å². The molecule has 5 nitrogen and oxygen atoms in total. The second-order valence-corrected chi connectivity index (χ2v) is 8.34. The van der Waals surface area contributed by atoms with Crippen molar-refractivity contribution in [3.8, 4) is 11.8 Å². The maximum atomic E-state index is 10.7. The Hall–Kier alpha value is -1.35. The van der Waals surface area contributed by atoms with Gasteiger partial charge in [0.2, 0.25) is 0 Å². The van der Waals surface area contributed by atoms with E-state index in [9.17, 15) is 20.1 Å². The number of fused-ring (bicyclic) bond motifs is 1. The van der Waals surface area contributed by atoms with Crippen molar-refractivity contribution in [2.24, 2.45) is 23.7 Å². The summed E-state index contributed by atoms with van der Waals surface area (Å²) < 4.78 is 0. The van der Waals surface area contributed by atoms with Crippen LogP contribution in [0.3, 0.4) is 0 Å². The molecule has 0 aromatic heterocycles. The summed E-state index contributed by atoms with van der Waals surface area (Å²) in [4.78, 5) is 10.6. The lowest BCUT2D eigenvalue weighted by molar-refractivity contribution is -0.137. The van der Waals surface area contributed by atoms with Gasteiger partial charge in [0.05, 0.1) is 18.3 Å². The minimum absolute atomic E-state index is 0.00490. The second kappa shape index (κ2) is 10.3. The molecule has 0 aromatic rings. The molecule has 152 valence electrons. The van der Waals surface area contributed by atoms with Crippen LogP contribution in [0.1, 0.15) is 65.2 Å². The summed E-state index contributed by atoms with van der Waals surface area (Å²) >= 11 is 0. The van der Waals surface area contributed by atoms with Crippen LogP contribution in [-0.2, 0) is 4.79 Å². The van der Waals surface area contributed by atoms with Crippen LogP contribution in [0.2, 0.25) is 0 Å². The van der Waals surface area contributed by atoms with Gasteiger partial charge in [0.25, 0.3) is 0 Å². The summed E-state index contributed by atoms with van der Waals surface area (Å²) in [6, 6.07) is 0. The summed E-state index contributed by atoms with van der Waals surface area (Å²) in [5.41, 5.74) is 1.33. The molecule has 0 heterocycles. The van der Waals surface area contributed by atoms with Gasteiger partial charge in [-0.3, -0.25) is 4.79 Å². The maximum absolute atomic E-state index is 10.7. The monoisotopic (exact) mass is 378 g/mol. The quantitative estimate of drug-likeness (QED) is 0.281. The molecule has 7 atom stereocenters. The smallest absolute Gasteiger partial charge is 0.303 e. The lowest BCUT2D eigenvalue weighted by Gasteiger charge is -2.29. The van der Waals surface area contributed by atoms with E-state index in [2.05, 4.69) is 17.9 Å². The SMILES string of the molecule is CC#CCC(C)[C@H](O)CC(O)C1[C@H](O)C[C@@H]2C/C(=C\CCCC(=O)O)C[C@H]12. The summed E-state index contributed by atoms with van der Waals surface area (Å²) in [6.45, 7) is 3.71. The summed E-state index contributed by atoms with van der Waals surface area (Å²) in [6.07, 6.45) is 5.28. The number of aliphatic hydroxyl groups excluding tert-OH is 3. The zero-order chi connectivity index (χ0) is 20.0. The van der Waals surface area contributed by atoms with Crippen LogP contribution in [0, 0.1) is 35.5 Å². The van der Waals surface area contributed by atoms with Gasteiger partial charge in [-0.05, 0) is 63.2 Å². The molecule has 27 heavy (non-hydrogen) atoms. The van der Waals surface area contributed by atoms with Gasteiger partial charge in [0.1, 0.15) is 0 Å². The third-order valence-corrected chi connectivity index (χ3v) is 6.32. The highest BCUT2D eigenvalue weighted by atomic mass is 16.4. The maximum Gasteiger partial charge on any atom is 0.303 e. The molecule has 0 aliphatic heterocycles. The van der Waals surface area contributed by atoms with Crippen LogP contribution in [0.5, 0.6) is 0 Å². The van der Waals surface area contributed by atoms with Gasteiger partial charge in [-0.25, -0.2) is 0 Å². The number of carbonyl (C=O) groups is 1. The average molecular weight is 379 g/mol. The predicted octanol–water partition coefficient (Wildman–Crippen LogP) is 2.74. The number of aliphatic hydroxyl groups is 3. The zero-order valence-electron chi connectivity index (χ0n) is 16.5. The number of hydrogen-bond donors (Lipinski definition) is 4. The Balaban J connectivity index is 1.90. The number of carboxylic acid groups (broad SMARTS) is 1. The highest BCUT2D eigenvalue weighted by Gasteiger charge is 2.49. The molecule has 0 radical (unpaired) electrons. The van der Waals surface area contributed by atoms with Crippen LogP contribution < -0.4 is 0 Å². The fourth-order valence-corrected chi connectivity index (χ4v) is 4.81. The second-order valence-electron chi connectivity index (χ2n) is 8.34. The number of rotatable bonds is 9. The standard InChI is InChI=1S/C22H34O5/c1-3-4-7-14(2)18(23)13-20(25)22-17-11-15(8-5-6-9-21(26)27)10-16(17)12-19(22)24/h8,14,16-20,22-25H,5-7,9-13H2,1-2H3,(H,26,27)/b15-8+/t14?,16-,17-,18+,19+,20?,22?/m0/s1. The van der Waals surface area contributed by atoms with Crippen LogP contribution in [-0.4, -0.2) is 44.7 Å². The van der Waals surface area contributed by atoms with Gasteiger partial charge in [-0.2, -0.15) is 0 Å². The zero-order valence-corrected chi connectivity index (χ0v) is 16.5. The van der Waals surface area contributed by atoms with Crippen molar-refractivity contribution in [3.63, 3.8) is 0 Å². The first-order chi connectivity index (χ1) is 12.8. The van der Waals surface area contributed by atoms with E-state index >= 15 is 0 Å². The Morgan fingerprint density at radius 3 is 2.74 bits per heavy atom. The van der Waals surface area contributed by atoms with E-state index in [4.69, 9.17) is 5.11 Å². The molecule has 0 aromatic carbocycles. The molecule has 2 aliphatic carbocycles. The van der Waals surface area contributed by atoms with Crippen molar-refractivity contribution in [3.05, 3.63) is 11.6 Å². The van der Waals surface area contributed by atoms with Gasteiger partial charge in [-0.1, -0.05) is 18.6 Å². The molecular formula is C22H34O5. The van der Waals surface area contributed by atoms with Gasteiger partial charge in [0, 0.05) is 18.8 Å². The number of hydrogen-bond acceptors (Lipinski definition) is 4. The molecule has 0 bridgehead atoms. The molecule has 0 spiro atoms. The van der Waals surface area contributed by atoms with Crippen LogP contribution in [0.15, 0.2) is 11.6 Å². The Bertz CT molecular complexity index is 587. The third kappa shape index (κ3) is 6.07. The van der Waals surface area contributed by atoms with Crippen molar-refractivity contribution >= 4 is 5.97 Å². The summed E-state index contributed by atoms with van der Waals surface area (Å²) in [7, 11) is 0. The van der Waals surface area contributed by atoms with Gasteiger partial charge in [0.15, 0.2) is 0 Å². The van der Waals surface area contributed by atoms with E-state index in [1.807, 2.05) is 6.92 Å². The molecule has 2 aliphatic rings. The Morgan fingerprint density at radius 2 is 2.07 bits per heavy atom. The third-order valence-electron chi connectivity index (χ3n) is 6.32. The molecule has 2 fully saturated rings. The number of allylic oxidation sites excluding steroid dienone is 2. The van der Waals surface area contributed by atoms with E-state index in [-0.39, 0.29) is 30.6 Å². The van der Waals surface area contributed by atoms with Crippen LogP contribution in [0.25, 0.3) is 0 Å². The van der Waals surface area contributed by atoms with Crippen molar-refractivity contribution in [1.29, 1.82) is 0 Å². The van der Waals surface area contributed by atoms with E-state index < -0.39 is 24.3 Å². The molecular weight excluding hydrogens is 344 g/mol. The lowest BCUT2D eigenvalue weighted by atomic mass is 9.82. The highest BCUT2D eigenvalue weighted by molar-refractivity contribution is 5.66. The Kier molecular flexibility index (Phi) is 8.34. The lowest BCUT2D eigenvalue weighted by Crippen LogP contribution is -2.36. The van der Waals surface area contributed by atoms with Crippen molar-refractivity contribution in [1.82, 2.24) is 0 Å². The van der Waals surface area contributed by atoms with Crippen molar-refractivity contribution in [2.75, 3.05) is 0 Å². The molecule has 0 saturated heterocycles. The van der Waals surface area contributed by atoms with E-state index in [0.717, 1.165) is 19.3 Å². The molecule has 2 saturated carbocycles. The average Bonchev–Trinajstić information content (AvgIpc) is 3.11. The minimum Gasteiger partial charge on any atom is -0.481 e. The molecule has 3 unspecified atom stereocenters. The summed E-state index contributed by atoms with van der Waals surface area (Å²) in [5, 5.41) is 40.3. The fourth-order valence-electron chi connectivity index (χ4n) is 4.81.